The highest BCUT2D eigenvalue weighted by Gasteiger charge is 2.41. The molecule has 13 heavy (non-hydrogen) atoms. The van der Waals surface area contributed by atoms with Crippen LogP contribution in [0.3, 0.4) is 0 Å². The molecule has 0 spiro atoms. The van der Waals surface area contributed by atoms with Gasteiger partial charge in [0.2, 0.25) is 0 Å². The summed E-state index contributed by atoms with van der Waals surface area (Å²) < 4.78 is 10.9. The van der Waals surface area contributed by atoms with Gasteiger partial charge in [-0.2, -0.15) is 0 Å². The van der Waals surface area contributed by atoms with E-state index in [1.165, 1.54) is 0 Å². The first-order chi connectivity index (χ1) is 5.93. The number of carbonyl (C=O) groups is 1. The zero-order valence-corrected chi connectivity index (χ0v) is 7.78. The van der Waals surface area contributed by atoms with Crippen molar-refractivity contribution in [1.82, 2.24) is 5.32 Å². The topological polar surface area (TPSA) is 107 Å². The van der Waals surface area contributed by atoms with Crippen LogP contribution in [-0.2, 0) is 9.36 Å². The van der Waals surface area contributed by atoms with E-state index in [1.54, 1.807) is 0 Å². The molecular formula is C6H12NO5P. The second-order valence-electron chi connectivity index (χ2n) is 3.07. The smallest absolute Gasteiger partial charge is 0.330 e. The summed E-state index contributed by atoms with van der Waals surface area (Å²) in [5, 5.41) is 11.2. The summed E-state index contributed by atoms with van der Waals surface area (Å²) in [6.07, 6.45) is 0.855. The molecule has 0 aliphatic carbocycles. The Hall–Kier alpha value is -0.420. The summed E-state index contributed by atoms with van der Waals surface area (Å²) in [6.45, 7) is 0.494. The molecule has 1 heterocycles. The molecule has 0 aromatic carbocycles. The fourth-order valence-corrected chi connectivity index (χ4v) is 2.63. The van der Waals surface area contributed by atoms with Gasteiger partial charge in [0.25, 0.3) is 0 Å². The fraction of sp³-hybridized carbons (Fsp3) is 0.833. The molecule has 6 nitrogen and oxygen atoms in total. The third kappa shape index (κ3) is 2.51. The molecule has 1 fully saturated rings. The van der Waals surface area contributed by atoms with Crippen LogP contribution in [0.5, 0.6) is 0 Å². The van der Waals surface area contributed by atoms with Gasteiger partial charge in [-0.25, -0.2) is 0 Å². The molecule has 0 bridgehead atoms. The average molecular weight is 209 g/mol. The molecule has 1 aliphatic heterocycles. The highest BCUT2D eigenvalue weighted by Crippen LogP contribution is 2.46. The third-order valence-corrected chi connectivity index (χ3v) is 3.54. The predicted octanol–water partition coefficient (Wildman–Crippen LogP) is -0.631. The number of rotatable bonds is 2. The van der Waals surface area contributed by atoms with Crippen LogP contribution in [0.25, 0.3) is 0 Å². The first-order valence-corrected chi connectivity index (χ1v) is 5.62. The van der Waals surface area contributed by atoms with Crippen LogP contribution in [0.4, 0.5) is 0 Å². The van der Waals surface area contributed by atoms with E-state index in [9.17, 15) is 9.36 Å². The first kappa shape index (κ1) is 10.7. The van der Waals surface area contributed by atoms with Gasteiger partial charge >= 0.3 is 13.6 Å². The minimum atomic E-state index is -4.29. The highest BCUT2D eigenvalue weighted by molar-refractivity contribution is 7.52. The van der Waals surface area contributed by atoms with E-state index in [0.717, 1.165) is 0 Å². The molecular weight excluding hydrogens is 197 g/mol. The zero-order chi connectivity index (χ0) is 10.1. The van der Waals surface area contributed by atoms with E-state index >= 15 is 0 Å². The number of aliphatic carboxylic acids is 1. The van der Waals surface area contributed by atoms with E-state index in [2.05, 4.69) is 5.32 Å². The van der Waals surface area contributed by atoms with Crippen LogP contribution in [0.15, 0.2) is 0 Å². The molecule has 1 saturated heterocycles. The van der Waals surface area contributed by atoms with Crippen LogP contribution < -0.4 is 5.32 Å². The van der Waals surface area contributed by atoms with Crippen LogP contribution in [-0.4, -0.2) is 39.1 Å². The summed E-state index contributed by atoms with van der Waals surface area (Å²) in [4.78, 5) is 28.3. The van der Waals surface area contributed by atoms with Gasteiger partial charge < -0.3 is 20.2 Å². The lowest BCUT2D eigenvalue weighted by atomic mass is 10.0. The Morgan fingerprint density at radius 1 is 1.46 bits per heavy atom. The Bertz CT molecular complexity index is 249. The SMILES string of the molecule is O=C(O)[C@H]1NCCC[C@@H]1P(=O)(O)O. The maximum Gasteiger partial charge on any atom is 0.330 e. The lowest BCUT2D eigenvalue weighted by Gasteiger charge is -2.29. The maximum atomic E-state index is 10.9. The van der Waals surface area contributed by atoms with Gasteiger partial charge in [-0.3, -0.25) is 9.36 Å². The second-order valence-corrected chi connectivity index (χ2v) is 4.91. The molecule has 0 amide bonds. The van der Waals surface area contributed by atoms with Crippen molar-refractivity contribution in [3.8, 4) is 0 Å². The van der Waals surface area contributed by atoms with E-state index < -0.39 is 25.3 Å². The number of hydrogen-bond acceptors (Lipinski definition) is 3. The summed E-state index contributed by atoms with van der Waals surface area (Å²) in [6, 6.07) is -1.12. The lowest BCUT2D eigenvalue weighted by Crippen LogP contribution is -2.49. The summed E-state index contributed by atoms with van der Waals surface area (Å²) in [5.41, 5.74) is -1.08. The molecule has 0 aromatic rings. The first-order valence-electron chi connectivity index (χ1n) is 3.94. The van der Waals surface area contributed by atoms with Crippen LogP contribution in [0, 0.1) is 0 Å². The monoisotopic (exact) mass is 209 g/mol. The van der Waals surface area contributed by atoms with Crippen LogP contribution in [0.2, 0.25) is 0 Å². The van der Waals surface area contributed by atoms with Crippen molar-refractivity contribution >= 4 is 13.6 Å². The highest BCUT2D eigenvalue weighted by atomic mass is 31.2. The molecule has 7 heteroatoms. The third-order valence-electron chi connectivity index (χ3n) is 2.12. The summed E-state index contributed by atoms with van der Waals surface area (Å²) >= 11 is 0. The summed E-state index contributed by atoms with van der Waals surface area (Å²) in [7, 11) is -4.29. The van der Waals surface area contributed by atoms with Crippen molar-refractivity contribution in [3.63, 3.8) is 0 Å². The van der Waals surface area contributed by atoms with E-state index in [-0.39, 0.29) is 6.42 Å². The molecule has 1 aliphatic rings. The molecule has 0 unspecified atom stereocenters. The normalized spacial score (nSPS) is 30.0. The minimum absolute atomic E-state index is 0.258. The van der Waals surface area contributed by atoms with Crippen molar-refractivity contribution in [2.75, 3.05) is 6.54 Å². The standard InChI is InChI=1S/C6H12NO5P/c8-6(9)5-4(13(10,11)12)2-1-3-7-5/h4-5,7H,1-3H2,(H,8,9)(H2,10,11,12)/t4-,5-/m0/s1. The van der Waals surface area contributed by atoms with Gasteiger partial charge in [0, 0.05) is 0 Å². The minimum Gasteiger partial charge on any atom is -0.480 e. The van der Waals surface area contributed by atoms with Crippen molar-refractivity contribution in [3.05, 3.63) is 0 Å². The molecule has 0 aromatic heterocycles. The quantitative estimate of drug-likeness (QED) is 0.451. The number of piperidine rings is 1. The van der Waals surface area contributed by atoms with Gasteiger partial charge in [-0.1, -0.05) is 0 Å². The van der Waals surface area contributed by atoms with Gasteiger partial charge in [-0.05, 0) is 19.4 Å². The number of nitrogens with one attached hydrogen (secondary N) is 1. The molecule has 1 rings (SSSR count). The molecule has 0 radical (unpaired) electrons. The predicted molar refractivity (Wildman–Crippen MR) is 44.5 cm³/mol. The molecule has 76 valence electrons. The van der Waals surface area contributed by atoms with Gasteiger partial charge in [-0.15, -0.1) is 0 Å². The van der Waals surface area contributed by atoms with E-state index in [1.807, 2.05) is 0 Å². The molecule has 2 atom stereocenters. The summed E-state index contributed by atoms with van der Waals surface area (Å²) in [5.74, 6) is -1.20. The Labute approximate surface area is 75.1 Å². The van der Waals surface area contributed by atoms with Crippen molar-refractivity contribution in [2.45, 2.75) is 24.5 Å². The van der Waals surface area contributed by atoms with Crippen molar-refractivity contribution in [2.24, 2.45) is 0 Å². The van der Waals surface area contributed by atoms with Crippen LogP contribution in [0.1, 0.15) is 12.8 Å². The largest absolute Gasteiger partial charge is 0.480 e. The van der Waals surface area contributed by atoms with Gasteiger partial charge in [0.1, 0.15) is 6.04 Å². The number of carboxylic acids is 1. The molecule has 4 N–H and O–H groups in total. The van der Waals surface area contributed by atoms with Gasteiger partial charge in [0.15, 0.2) is 0 Å². The van der Waals surface area contributed by atoms with Crippen molar-refractivity contribution < 1.29 is 24.3 Å². The van der Waals surface area contributed by atoms with Gasteiger partial charge in [0.05, 0.1) is 5.66 Å². The Kier molecular flexibility index (Phi) is 3.08. The Morgan fingerprint density at radius 2 is 2.08 bits per heavy atom. The fourth-order valence-electron chi connectivity index (χ4n) is 1.49. The van der Waals surface area contributed by atoms with Crippen LogP contribution >= 0.6 is 7.60 Å². The Morgan fingerprint density at radius 3 is 2.46 bits per heavy atom. The number of hydrogen-bond donors (Lipinski definition) is 4. The number of carboxylic acid groups (broad SMARTS) is 1. The zero-order valence-electron chi connectivity index (χ0n) is 6.88. The maximum absolute atomic E-state index is 10.9. The van der Waals surface area contributed by atoms with E-state index in [0.29, 0.717) is 13.0 Å². The second kappa shape index (κ2) is 3.75. The van der Waals surface area contributed by atoms with Crippen molar-refractivity contribution in [1.29, 1.82) is 0 Å². The average Bonchev–Trinajstić information content (AvgIpc) is 2.03. The van der Waals surface area contributed by atoms with E-state index in [4.69, 9.17) is 14.9 Å². The molecule has 0 saturated carbocycles. The Balaban J connectivity index is 2.79. The lowest BCUT2D eigenvalue weighted by molar-refractivity contribution is -0.140.